The molecule has 0 unspecified atom stereocenters. The Labute approximate surface area is 264 Å². The predicted octanol–water partition coefficient (Wildman–Crippen LogP) is 6.20. The van der Waals surface area contributed by atoms with Gasteiger partial charge >= 0.3 is 0 Å². The van der Waals surface area contributed by atoms with Gasteiger partial charge in [-0.3, -0.25) is 14.4 Å². The standard InChI is InChI=1S/C37H42N4O4/c1-39-34-26-44-21-5-4-17-41-33(25-42)29(14-8-22-45-35-15-6-10-27-9-2-3-11-28(27)35)30-12-7-13-31(37(30)41)36(34)32(38-39)16-18-40-19-23-43-24-20-40/h2-3,6-7,9-13,15,25H,4-5,8,14,16-24,26H2,1H3. The molecule has 2 aromatic heterocycles. The molecule has 4 heterocycles. The van der Waals surface area contributed by atoms with Gasteiger partial charge in [-0.05, 0) is 42.7 Å². The Morgan fingerprint density at radius 1 is 0.889 bits per heavy atom. The minimum absolute atomic E-state index is 0.520. The minimum Gasteiger partial charge on any atom is -0.493 e. The van der Waals surface area contributed by atoms with Crippen molar-refractivity contribution in [3.63, 3.8) is 0 Å². The Morgan fingerprint density at radius 2 is 1.71 bits per heavy atom. The van der Waals surface area contributed by atoms with Crippen LogP contribution in [0.3, 0.4) is 0 Å². The first kappa shape index (κ1) is 29.7. The highest BCUT2D eigenvalue weighted by Crippen LogP contribution is 2.39. The van der Waals surface area contributed by atoms with Crippen molar-refractivity contribution in [3.05, 3.63) is 83.3 Å². The second-order valence-corrected chi connectivity index (χ2v) is 12.1. The number of fused-ring (bicyclic) bond motifs is 3. The van der Waals surface area contributed by atoms with Gasteiger partial charge in [-0.15, -0.1) is 0 Å². The molecule has 0 bridgehead atoms. The summed E-state index contributed by atoms with van der Waals surface area (Å²) in [5, 5.41) is 8.49. The Balaban J connectivity index is 1.23. The van der Waals surface area contributed by atoms with Crippen LogP contribution < -0.4 is 4.74 Å². The first-order chi connectivity index (χ1) is 22.2. The number of aryl methyl sites for hydroxylation is 3. The quantitative estimate of drug-likeness (QED) is 0.147. The smallest absolute Gasteiger partial charge is 0.166 e. The molecule has 45 heavy (non-hydrogen) atoms. The minimum atomic E-state index is 0.520. The zero-order chi connectivity index (χ0) is 30.6. The van der Waals surface area contributed by atoms with Crippen molar-refractivity contribution in [2.24, 2.45) is 7.05 Å². The maximum atomic E-state index is 12.8. The summed E-state index contributed by atoms with van der Waals surface area (Å²) in [6.45, 7) is 6.96. The molecule has 0 amide bonds. The third kappa shape index (κ3) is 6.02. The van der Waals surface area contributed by atoms with Crippen molar-refractivity contribution >= 4 is 28.0 Å². The van der Waals surface area contributed by atoms with Gasteiger partial charge in [0.05, 0.1) is 49.0 Å². The van der Waals surface area contributed by atoms with Crippen LogP contribution >= 0.6 is 0 Å². The van der Waals surface area contributed by atoms with Crippen LogP contribution in [0.15, 0.2) is 60.7 Å². The number of aromatic nitrogens is 3. The Morgan fingerprint density at radius 3 is 2.60 bits per heavy atom. The van der Waals surface area contributed by atoms with Crippen LogP contribution in [0.5, 0.6) is 5.75 Å². The summed E-state index contributed by atoms with van der Waals surface area (Å²) in [6.07, 6.45) is 5.36. The van der Waals surface area contributed by atoms with Gasteiger partial charge in [0.25, 0.3) is 0 Å². The maximum absolute atomic E-state index is 12.8. The molecule has 8 heteroatoms. The highest BCUT2D eigenvalue weighted by atomic mass is 16.5. The molecule has 5 aromatic rings. The van der Waals surface area contributed by atoms with Crippen LogP contribution in [0, 0.1) is 0 Å². The van der Waals surface area contributed by atoms with E-state index in [0.29, 0.717) is 19.8 Å². The first-order valence-electron chi connectivity index (χ1n) is 16.4. The molecular formula is C37H42N4O4. The van der Waals surface area contributed by atoms with Gasteiger partial charge in [0, 0.05) is 68.2 Å². The lowest BCUT2D eigenvalue weighted by Gasteiger charge is -2.26. The van der Waals surface area contributed by atoms with Crippen LogP contribution in [-0.4, -0.2) is 71.6 Å². The van der Waals surface area contributed by atoms with E-state index in [1.165, 1.54) is 5.39 Å². The number of carbonyl (C=O) groups excluding carboxylic acids is 1. The van der Waals surface area contributed by atoms with E-state index in [9.17, 15) is 4.79 Å². The van der Waals surface area contributed by atoms with Crippen molar-refractivity contribution in [1.82, 2.24) is 19.2 Å². The number of aldehydes is 1. The van der Waals surface area contributed by atoms with Gasteiger partial charge in [-0.1, -0.05) is 54.6 Å². The molecule has 1 saturated heterocycles. The SMILES string of the molecule is Cn1nc(CCN2CCOCC2)c2c1COCCCCn1c(C=O)c(CCCOc3cccc4ccccc34)c3cccc-2c31. The molecule has 0 radical (unpaired) electrons. The zero-order valence-electron chi connectivity index (χ0n) is 26.2. The fourth-order valence-corrected chi connectivity index (χ4v) is 7.09. The molecule has 0 spiro atoms. The number of rotatable bonds is 9. The summed E-state index contributed by atoms with van der Waals surface area (Å²) >= 11 is 0. The fourth-order valence-electron chi connectivity index (χ4n) is 7.09. The number of ether oxygens (including phenoxy) is 3. The average Bonchev–Trinajstić information content (AvgIpc) is 3.55. The normalized spacial score (nSPS) is 16.0. The van der Waals surface area contributed by atoms with Crippen molar-refractivity contribution in [2.45, 2.75) is 45.3 Å². The molecular weight excluding hydrogens is 564 g/mol. The van der Waals surface area contributed by atoms with Crippen molar-refractivity contribution in [1.29, 1.82) is 0 Å². The van der Waals surface area contributed by atoms with Gasteiger partial charge < -0.3 is 18.8 Å². The molecule has 0 atom stereocenters. The summed E-state index contributed by atoms with van der Waals surface area (Å²) < 4.78 is 22.3. The number of carbonyl (C=O) groups is 1. The van der Waals surface area contributed by atoms with Crippen LogP contribution in [0.2, 0.25) is 0 Å². The summed E-state index contributed by atoms with van der Waals surface area (Å²) in [5.41, 5.74) is 7.49. The van der Waals surface area contributed by atoms with Crippen LogP contribution in [0.4, 0.5) is 0 Å². The van der Waals surface area contributed by atoms with E-state index < -0.39 is 0 Å². The van der Waals surface area contributed by atoms with Gasteiger partial charge in [0.1, 0.15) is 5.75 Å². The lowest BCUT2D eigenvalue weighted by molar-refractivity contribution is 0.0383. The number of morpholine rings is 1. The van der Waals surface area contributed by atoms with Gasteiger partial charge in [0.15, 0.2) is 6.29 Å². The van der Waals surface area contributed by atoms with E-state index in [2.05, 4.69) is 51.9 Å². The molecule has 2 aliphatic heterocycles. The zero-order valence-corrected chi connectivity index (χ0v) is 26.2. The number of hydrogen-bond acceptors (Lipinski definition) is 6. The molecule has 2 aliphatic rings. The van der Waals surface area contributed by atoms with E-state index in [-0.39, 0.29) is 0 Å². The van der Waals surface area contributed by atoms with Gasteiger partial charge in [-0.25, -0.2) is 0 Å². The molecule has 1 fully saturated rings. The van der Waals surface area contributed by atoms with Crippen molar-refractivity contribution in [2.75, 3.05) is 46.1 Å². The van der Waals surface area contributed by atoms with E-state index in [4.69, 9.17) is 19.3 Å². The third-order valence-corrected chi connectivity index (χ3v) is 9.36. The lowest BCUT2D eigenvalue weighted by atomic mass is 9.97. The highest BCUT2D eigenvalue weighted by molar-refractivity contribution is 6.02. The summed E-state index contributed by atoms with van der Waals surface area (Å²) in [6, 6.07) is 21.0. The highest BCUT2D eigenvalue weighted by Gasteiger charge is 2.26. The van der Waals surface area contributed by atoms with Crippen molar-refractivity contribution in [3.8, 4) is 16.9 Å². The van der Waals surface area contributed by atoms with Gasteiger partial charge in [-0.2, -0.15) is 5.10 Å². The monoisotopic (exact) mass is 606 g/mol. The lowest BCUT2D eigenvalue weighted by Crippen LogP contribution is -2.37. The largest absolute Gasteiger partial charge is 0.493 e. The van der Waals surface area contributed by atoms with Crippen molar-refractivity contribution < 1.29 is 19.0 Å². The van der Waals surface area contributed by atoms with E-state index in [0.717, 1.165) is 134 Å². The maximum Gasteiger partial charge on any atom is 0.166 e. The summed E-state index contributed by atoms with van der Waals surface area (Å²) in [5.74, 6) is 0.902. The second kappa shape index (κ2) is 13.6. The fraction of sp³-hybridized carbons (Fsp3) is 0.405. The molecule has 234 valence electrons. The Hall–Kier alpha value is -3.98. The van der Waals surface area contributed by atoms with E-state index in [1.807, 2.05) is 29.9 Å². The summed E-state index contributed by atoms with van der Waals surface area (Å²) in [4.78, 5) is 15.3. The molecule has 7 rings (SSSR count). The second-order valence-electron chi connectivity index (χ2n) is 12.1. The topological polar surface area (TPSA) is 70.8 Å². The Kier molecular flexibility index (Phi) is 8.96. The average molecular weight is 607 g/mol. The van der Waals surface area contributed by atoms with Gasteiger partial charge in [0.2, 0.25) is 0 Å². The summed E-state index contributed by atoms with van der Waals surface area (Å²) in [7, 11) is 2.03. The number of para-hydroxylation sites is 1. The molecule has 8 nitrogen and oxygen atoms in total. The predicted molar refractivity (Wildman–Crippen MR) is 177 cm³/mol. The van der Waals surface area contributed by atoms with E-state index in [1.54, 1.807) is 0 Å². The number of benzene rings is 3. The molecule has 0 N–H and O–H groups in total. The van der Waals surface area contributed by atoms with Crippen LogP contribution in [-0.2, 0) is 42.5 Å². The van der Waals surface area contributed by atoms with Crippen LogP contribution in [0.1, 0.15) is 46.7 Å². The Bertz CT molecular complexity index is 1790. The number of nitrogens with zero attached hydrogens (tertiary/aromatic N) is 4. The molecule has 0 saturated carbocycles. The van der Waals surface area contributed by atoms with Crippen LogP contribution in [0.25, 0.3) is 32.8 Å². The first-order valence-corrected chi connectivity index (χ1v) is 16.4. The molecule has 3 aromatic carbocycles. The molecule has 0 aliphatic carbocycles. The van der Waals surface area contributed by atoms with E-state index >= 15 is 0 Å². The number of hydrogen-bond donors (Lipinski definition) is 0. The third-order valence-electron chi connectivity index (χ3n) is 9.36.